The number of aromatic nitrogens is 2. The maximum atomic E-state index is 12.2. The van der Waals surface area contributed by atoms with Gasteiger partial charge in [0.15, 0.2) is 0 Å². The Morgan fingerprint density at radius 3 is 2.52 bits per heavy atom. The number of hydrogen-bond donors (Lipinski definition) is 2. The van der Waals surface area contributed by atoms with Gasteiger partial charge in [-0.1, -0.05) is 0 Å². The van der Waals surface area contributed by atoms with E-state index in [-0.39, 0.29) is 11.6 Å². The van der Waals surface area contributed by atoms with E-state index < -0.39 is 11.9 Å². The largest absolute Gasteiger partial charge is 0.395 e. The van der Waals surface area contributed by atoms with Gasteiger partial charge in [-0.15, -0.1) is 0 Å². The third-order valence-corrected chi connectivity index (χ3v) is 3.52. The Balaban J connectivity index is 2.03. The van der Waals surface area contributed by atoms with Gasteiger partial charge in [-0.25, -0.2) is 0 Å². The number of nitrogens with one attached hydrogen (secondary N) is 1. The molecule has 0 radical (unpaired) electrons. The molecule has 0 saturated carbocycles. The van der Waals surface area contributed by atoms with Gasteiger partial charge in [-0.3, -0.25) is 14.3 Å². The smallest absolute Gasteiger partial charge is 0.272 e. The zero-order valence-electron chi connectivity index (χ0n) is 12.5. The van der Waals surface area contributed by atoms with E-state index in [1.54, 1.807) is 25.8 Å². The van der Waals surface area contributed by atoms with E-state index in [1.807, 2.05) is 0 Å². The Hall–Kier alpha value is -2.09. The highest BCUT2D eigenvalue weighted by molar-refractivity contribution is 6.00. The summed E-state index contributed by atoms with van der Waals surface area (Å²) in [5.41, 5.74) is 7.04. The zero-order chi connectivity index (χ0) is 15.6. The molecule has 2 rings (SSSR count). The summed E-state index contributed by atoms with van der Waals surface area (Å²) in [6.45, 7) is 5.54. The molecule has 1 atom stereocenters. The highest BCUT2D eigenvalue weighted by Crippen LogP contribution is 2.15. The predicted octanol–water partition coefficient (Wildman–Crippen LogP) is -0.712. The lowest BCUT2D eigenvalue weighted by Gasteiger charge is -2.29. The summed E-state index contributed by atoms with van der Waals surface area (Å²) in [6.07, 6.45) is 0. The summed E-state index contributed by atoms with van der Waals surface area (Å²) in [7, 11) is 1.65. The minimum absolute atomic E-state index is 0.121. The molecule has 8 heteroatoms. The first-order valence-corrected chi connectivity index (χ1v) is 6.88. The molecule has 1 aromatic heterocycles. The summed E-state index contributed by atoms with van der Waals surface area (Å²) in [4.78, 5) is 26.2. The number of nitrogen functional groups attached to an aromatic ring is 1. The van der Waals surface area contributed by atoms with Crippen LogP contribution >= 0.6 is 0 Å². The molecule has 0 aliphatic carbocycles. The van der Waals surface area contributed by atoms with Crippen LogP contribution in [0.15, 0.2) is 0 Å². The summed E-state index contributed by atoms with van der Waals surface area (Å²) in [5.74, 6) is -0.520. The van der Waals surface area contributed by atoms with E-state index >= 15 is 0 Å². The second-order valence-corrected chi connectivity index (χ2v) is 5.10. The number of hydrogen-bond acceptors (Lipinski definition) is 5. The second-order valence-electron chi connectivity index (χ2n) is 5.10. The van der Waals surface area contributed by atoms with Crippen molar-refractivity contribution in [2.45, 2.75) is 19.9 Å². The molecule has 0 bridgehead atoms. The van der Waals surface area contributed by atoms with Gasteiger partial charge in [-0.05, 0) is 13.8 Å². The molecule has 8 nitrogen and oxygen atoms in total. The number of carbonyl (C=O) groups is 2. The normalized spacial score (nSPS) is 16.6. The van der Waals surface area contributed by atoms with E-state index in [2.05, 4.69) is 10.4 Å². The molecule has 1 unspecified atom stereocenters. The first-order chi connectivity index (χ1) is 9.91. The van der Waals surface area contributed by atoms with Crippen LogP contribution in [0.2, 0.25) is 0 Å². The van der Waals surface area contributed by atoms with E-state index in [4.69, 9.17) is 10.5 Å². The number of aryl methyl sites for hydroxylation is 2. The average molecular weight is 295 g/mol. The fourth-order valence-corrected chi connectivity index (χ4v) is 2.33. The van der Waals surface area contributed by atoms with Gasteiger partial charge in [0.05, 0.1) is 24.6 Å². The van der Waals surface area contributed by atoms with Crippen molar-refractivity contribution < 1.29 is 14.3 Å². The fourth-order valence-electron chi connectivity index (χ4n) is 2.33. The molecule has 1 aliphatic rings. The lowest BCUT2D eigenvalue weighted by molar-refractivity contribution is -0.136. The lowest BCUT2D eigenvalue weighted by atomic mass is 10.2. The van der Waals surface area contributed by atoms with Crippen molar-refractivity contribution in [1.29, 1.82) is 0 Å². The van der Waals surface area contributed by atoms with Crippen molar-refractivity contribution in [2.24, 2.45) is 7.05 Å². The maximum absolute atomic E-state index is 12.2. The molecule has 1 aromatic rings. The molecular weight excluding hydrogens is 274 g/mol. The number of carbonyl (C=O) groups excluding carboxylic acids is 2. The van der Waals surface area contributed by atoms with Gasteiger partial charge < -0.3 is 20.7 Å². The van der Waals surface area contributed by atoms with Crippen LogP contribution < -0.4 is 11.1 Å². The molecule has 2 amide bonds. The standard InChI is InChI=1S/C13H21N5O3/c1-8-10(14)11(17(3)16-8)12(19)15-9(2)13(20)18-4-6-21-7-5-18/h9H,4-7,14H2,1-3H3,(H,15,19). The monoisotopic (exact) mass is 295 g/mol. The summed E-state index contributed by atoms with van der Waals surface area (Å²) >= 11 is 0. The number of amides is 2. The van der Waals surface area contributed by atoms with E-state index in [0.29, 0.717) is 37.7 Å². The van der Waals surface area contributed by atoms with Crippen LogP contribution in [0.25, 0.3) is 0 Å². The summed E-state index contributed by atoms with van der Waals surface area (Å²) < 4.78 is 6.63. The van der Waals surface area contributed by atoms with Crippen molar-refractivity contribution >= 4 is 17.5 Å². The van der Waals surface area contributed by atoms with Gasteiger partial charge in [0.25, 0.3) is 5.91 Å². The Morgan fingerprint density at radius 2 is 2.00 bits per heavy atom. The van der Waals surface area contributed by atoms with Gasteiger partial charge in [0, 0.05) is 20.1 Å². The Bertz CT molecular complexity index is 548. The fraction of sp³-hybridized carbons (Fsp3) is 0.615. The highest BCUT2D eigenvalue weighted by Gasteiger charge is 2.26. The van der Waals surface area contributed by atoms with Crippen molar-refractivity contribution in [3.8, 4) is 0 Å². The minimum Gasteiger partial charge on any atom is -0.395 e. The summed E-state index contributed by atoms with van der Waals surface area (Å²) in [6, 6.07) is -0.620. The van der Waals surface area contributed by atoms with Crippen LogP contribution in [0.5, 0.6) is 0 Å². The first kappa shape index (κ1) is 15.3. The van der Waals surface area contributed by atoms with E-state index in [1.165, 1.54) is 4.68 Å². The third kappa shape index (κ3) is 3.15. The zero-order valence-corrected chi connectivity index (χ0v) is 12.5. The number of rotatable bonds is 3. The van der Waals surface area contributed by atoms with Crippen molar-refractivity contribution in [3.63, 3.8) is 0 Å². The van der Waals surface area contributed by atoms with Crippen LogP contribution in [0.3, 0.4) is 0 Å². The van der Waals surface area contributed by atoms with Crippen LogP contribution in [-0.4, -0.2) is 58.8 Å². The SMILES string of the molecule is Cc1nn(C)c(C(=O)NC(C)C(=O)N2CCOCC2)c1N. The van der Waals surface area contributed by atoms with Crippen LogP contribution in [0.1, 0.15) is 23.1 Å². The maximum Gasteiger partial charge on any atom is 0.272 e. The van der Waals surface area contributed by atoms with Gasteiger partial charge >= 0.3 is 0 Å². The Kier molecular flexibility index (Phi) is 4.46. The van der Waals surface area contributed by atoms with Crippen LogP contribution in [0.4, 0.5) is 5.69 Å². The summed E-state index contributed by atoms with van der Waals surface area (Å²) in [5, 5.41) is 6.77. The average Bonchev–Trinajstić information content (AvgIpc) is 2.72. The predicted molar refractivity (Wildman–Crippen MR) is 76.7 cm³/mol. The Labute approximate surface area is 123 Å². The van der Waals surface area contributed by atoms with Gasteiger partial charge in [0.2, 0.25) is 5.91 Å². The minimum atomic E-state index is -0.620. The molecule has 1 saturated heterocycles. The molecule has 0 aromatic carbocycles. The number of nitrogens with zero attached hydrogens (tertiary/aromatic N) is 3. The molecule has 3 N–H and O–H groups in total. The molecule has 116 valence electrons. The molecule has 21 heavy (non-hydrogen) atoms. The van der Waals surface area contributed by atoms with Crippen molar-refractivity contribution in [1.82, 2.24) is 20.0 Å². The molecule has 1 aliphatic heterocycles. The lowest BCUT2D eigenvalue weighted by Crippen LogP contribution is -2.50. The third-order valence-electron chi connectivity index (χ3n) is 3.52. The van der Waals surface area contributed by atoms with Gasteiger partial charge in [0.1, 0.15) is 11.7 Å². The van der Waals surface area contributed by atoms with Crippen LogP contribution in [-0.2, 0) is 16.6 Å². The Morgan fingerprint density at radius 1 is 1.38 bits per heavy atom. The van der Waals surface area contributed by atoms with Crippen LogP contribution in [0, 0.1) is 6.92 Å². The first-order valence-electron chi connectivity index (χ1n) is 6.88. The highest BCUT2D eigenvalue weighted by atomic mass is 16.5. The number of nitrogens with two attached hydrogens (primary N) is 1. The van der Waals surface area contributed by atoms with E-state index in [9.17, 15) is 9.59 Å². The topological polar surface area (TPSA) is 102 Å². The molecule has 1 fully saturated rings. The number of anilines is 1. The molecule has 0 spiro atoms. The number of morpholine rings is 1. The van der Waals surface area contributed by atoms with Crippen molar-refractivity contribution in [2.75, 3.05) is 32.0 Å². The molecular formula is C13H21N5O3. The second kappa shape index (κ2) is 6.13. The quantitative estimate of drug-likeness (QED) is 0.766. The molecule has 2 heterocycles. The van der Waals surface area contributed by atoms with Crippen molar-refractivity contribution in [3.05, 3.63) is 11.4 Å². The number of ether oxygens (including phenoxy) is 1. The van der Waals surface area contributed by atoms with E-state index in [0.717, 1.165) is 0 Å². The van der Waals surface area contributed by atoms with Gasteiger partial charge in [-0.2, -0.15) is 5.10 Å².